The van der Waals surface area contributed by atoms with E-state index < -0.39 is 5.97 Å². The van der Waals surface area contributed by atoms with Crippen molar-refractivity contribution in [3.05, 3.63) is 78.4 Å². The number of carbonyl (C=O) groups is 2. The number of ketones is 1. The van der Waals surface area contributed by atoms with Crippen molar-refractivity contribution >= 4 is 11.8 Å². The molecule has 0 unspecified atom stereocenters. The minimum atomic E-state index is -0.483. The molecule has 0 saturated heterocycles. The molecule has 0 aliphatic heterocycles. The third kappa shape index (κ3) is 6.30. The van der Waals surface area contributed by atoms with Gasteiger partial charge < -0.3 is 9.47 Å². The van der Waals surface area contributed by atoms with Crippen molar-refractivity contribution in [2.45, 2.75) is 20.3 Å². The molecule has 2 rings (SSSR count). The van der Waals surface area contributed by atoms with Crippen molar-refractivity contribution < 1.29 is 19.1 Å². The first-order valence-electron chi connectivity index (χ1n) is 8.70. The fourth-order valence-electron chi connectivity index (χ4n) is 2.14. The number of carbonyl (C=O) groups excluding carboxylic acids is 2. The number of benzene rings is 2. The van der Waals surface area contributed by atoms with Crippen molar-refractivity contribution in [2.75, 3.05) is 6.79 Å². The zero-order valence-corrected chi connectivity index (χ0v) is 16.1. The zero-order valence-electron chi connectivity index (χ0n) is 16.1. The van der Waals surface area contributed by atoms with Crippen LogP contribution in [0.4, 0.5) is 0 Å². The largest absolute Gasteiger partial charge is 0.457 e. The molecule has 0 amide bonds. The number of hydrogen-bond donors (Lipinski definition) is 0. The summed E-state index contributed by atoms with van der Waals surface area (Å²) in [6, 6.07) is 15.2. The van der Waals surface area contributed by atoms with Crippen LogP contribution >= 0.6 is 0 Å². The Kier molecular flexibility index (Phi) is 7.36. The summed E-state index contributed by atoms with van der Waals surface area (Å²) in [5, 5.41) is 0. The molecule has 0 fully saturated rings. The van der Waals surface area contributed by atoms with Crippen LogP contribution in [0.1, 0.15) is 25.8 Å². The van der Waals surface area contributed by atoms with Crippen LogP contribution in [-0.4, -0.2) is 18.5 Å². The quantitative estimate of drug-likeness (QED) is 0.305. The predicted octanol–water partition coefficient (Wildman–Crippen LogP) is 4.70. The van der Waals surface area contributed by atoms with Crippen LogP contribution in [0.2, 0.25) is 0 Å². The van der Waals surface area contributed by atoms with E-state index >= 15 is 0 Å². The fourth-order valence-corrected chi connectivity index (χ4v) is 2.14. The average molecular weight is 374 g/mol. The summed E-state index contributed by atoms with van der Waals surface area (Å²) in [7, 11) is 0. The van der Waals surface area contributed by atoms with Crippen molar-refractivity contribution in [2.24, 2.45) is 0 Å². The number of allylic oxidation sites excluding steroid dienone is 1. The molecule has 0 aliphatic carbocycles. The lowest BCUT2D eigenvalue weighted by Gasteiger charge is -2.08. The molecule has 0 spiro atoms. The Bertz CT molecular complexity index is 939. The maximum atomic E-state index is 11.5. The number of Topliss-reactive ketones (excluding diaryl/α,β-unsaturated/α-hetero) is 1. The van der Waals surface area contributed by atoms with Crippen LogP contribution in [0.15, 0.2) is 72.8 Å². The van der Waals surface area contributed by atoms with Gasteiger partial charge in [-0.2, -0.15) is 0 Å². The smallest absolute Gasteiger partial charge is 0.335 e. The summed E-state index contributed by atoms with van der Waals surface area (Å²) < 4.78 is 10.3. The topological polar surface area (TPSA) is 52.6 Å². The molecule has 0 aliphatic rings. The lowest BCUT2D eigenvalue weighted by Crippen LogP contribution is -2.10. The highest BCUT2D eigenvalue weighted by Crippen LogP contribution is 2.22. The monoisotopic (exact) mass is 374 g/mol. The standard InChI is InChI=1S/C24H22O4/c1-17(2)23(25)7-5-6-19-8-10-20(11-9-19)21-12-14-22(15-13-21)27-16-28-24(26)18(3)4/h8-15H,1,3,7,16H2,2,4H3. The highest BCUT2D eigenvalue weighted by molar-refractivity contribution is 5.95. The molecule has 28 heavy (non-hydrogen) atoms. The molecule has 0 saturated carbocycles. The number of rotatable bonds is 7. The van der Waals surface area contributed by atoms with Crippen LogP contribution in [0.3, 0.4) is 0 Å². The van der Waals surface area contributed by atoms with Gasteiger partial charge in [0, 0.05) is 11.1 Å². The molecule has 4 heteroatoms. The van der Waals surface area contributed by atoms with E-state index in [1.165, 1.54) is 0 Å². The first-order valence-corrected chi connectivity index (χ1v) is 8.70. The maximum absolute atomic E-state index is 11.5. The lowest BCUT2D eigenvalue weighted by atomic mass is 10.0. The summed E-state index contributed by atoms with van der Waals surface area (Å²) in [4.78, 5) is 22.8. The van der Waals surface area contributed by atoms with E-state index in [4.69, 9.17) is 9.47 Å². The van der Waals surface area contributed by atoms with E-state index in [0.717, 1.165) is 16.7 Å². The van der Waals surface area contributed by atoms with Gasteiger partial charge in [0.05, 0.1) is 6.42 Å². The van der Waals surface area contributed by atoms with Gasteiger partial charge in [0.15, 0.2) is 5.78 Å². The van der Waals surface area contributed by atoms with Gasteiger partial charge in [-0.05, 0) is 54.8 Å². The van der Waals surface area contributed by atoms with Gasteiger partial charge in [-0.15, -0.1) is 0 Å². The molecule has 0 N–H and O–H groups in total. The van der Waals surface area contributed by atoms with Gasteiger partial charge in [0.2, 0.25) is 6.79 Å². The second-order valence-corrected chi connectivity index (χ2v) is 6.26. The van der Waals surface area contributed by atoms with E-state index in [0.29, 0.717) is 16.9 Å². The van der Waals surface area contributed by atoms with Gasteiger partial charge in [-0.25, -0.2) is 4.79 Å². The van der Waals surface area contributed by atoms with E-state index in [9.17, 15) is 9.59 Å². The second kappa shape index (κ2) is 9.94. The molecule has 0 aromatic heterocycles. The Hall–Kier alpha value is -3.58. The summed E-state index contributed by atoms with van der Waals surface area (Å²) in [6.45, 7) is 10.2. The minimum Gasteiger partial charge on any atom is -0.457 e. The van der Waals surface area contributed by atoms with Crippen molar-refractivity contribution in [1.29, 1.82) is 0 Å². The Balaban J connectivity index is 1.94. The van der Waals surface area contributed by atoms with E-state index in [-0.39, 0.29) is 19.0 Å². The number of hydrogen-bond acceptors (Lipinski definition) is 4. The van der Waals surface area contributed by atoms with Crippen LogP contribution in [0, 0.1) is 11.8 Å². The Morgan fingerprint density at radius 1 is 0.893 bits per heavy atom. The van der Waals surface area contributed by atoms with Crippen LogP contribution in [0.5, 0.6) is 5.75 Å². The first-order chi connectivity index (χ1) is 13.4. The summed E-state index contributed by atoms with van der Waals surface area (Å²) in [6.07, 6.45) is 0.181. The predicted molar refractivity (Wildman–Crippen MR) is 110 cm³/mol. The van der Waals surface area contributed by atoms with Crippen LogP contribution in [-0.2, 0) is 14.3 Å². The molecular weight excluding hydrogens is 352 g/mol. The van der Waals surface area contributed by atoms with Gasteiger partial charge in [0.1, 0.15) is 5.75 Å². The molecule has 2 aromatic carbocycles. The zero-order chi connectivity index (χ0) is 20.5. The van der Waals surface area contributed by atoms with Crippen molar-refractivity contribution in [3.63, 3.8) is 0 Å². The van der Waals surface area contributed by atoms with Gasteiger partial charge in [-0.3, -0.25) is 4.79 Å². The fraction of sp³-hybridized carbons (Fsp3) is 0.167. The number of ether oxygens (including phenoxy) is 2. The van der Waals surface area contributed by atoms with Gasteiger partial charge >= 0.3 is 5.97 Å². The van der Waals surface area contributed by atoms with Crippen LogP contribution in [0.25, 0.3) is 11.1 Å². The summed E-state index contributed by atoms with van der Waals surface area (Å²) >= 11 is 0. The molecule has 0 heterocycles. The van der Waals surface area contributed by atoms with E-state index in [1.807, 2.05) is 36.4 Å². The highest BCUT2D eigenvalue weighted by atomic mass is 16.7. The van der Waals surface area contributed by atoms with Crippen molar-refractivity contribution in [1.82, 2.24) is 0 Å². The van der Waals surface area contributed by atoms with Gasteiger partial charge in [-0.1, -0.05) is 49.3 Å². The van der Waals surface area contributed by atoms with Gasteiger partial charge in [0.25, 0.3) is 0 Å². The molecular formula is C24H22O4. The summed E-state index contributed by atoms with van der Waals surface area (Å²) in [5.41, 5.74) is 3.74. The third-order valence-corrected chi connectivity index (χ3v) is 3.79. The lowest BCUT2D eigenvalue weighted by molar-refractivity contribution is -0.145. The Morgan fingerprint density at radius 2 is 1.46 bits per heavy atom. The van der Waals surface area contributed by atoms with Crippen molar-refractivity contribution in [3.8, 4) is 28.7 Å². The number of esters is 1. The SMILES string of the molecule is C=C(C)C(=O)CC#Cc1ccc(-c2ccc(OCOC(=O)C(=C)C)cc2)cc1. The third-order valence-electron chi connectivity index (χ3n) is 3.79. The Labute approximate surface area is 165 Å². The normalized spacial score (nSPS) is 9.64. The van der Waals surface area contributed by atoms with E-state index in [2.05, 4.69) is 25.0 Å². The molecule has 4 nitrogen and oxygen atoms in total. The van der Waals surface area contributed by atoms with E-state index in [1.54, 1.807) is 26.0 Å². The molecule has 2 aromatic rings. The average Bonchev–Trinajstić information content (AvgIpc) is 2.68. The maximum Gasteiger partial charge on any atom is 0.335 e. The molecule has 0 radical (unpaired) electrons. The molecule has 142 valence electrons. The van der Waals surface area contributed by atoms with Crippen LogP contribution < -0.4 is 4.74 Å². The minimum absolute atomic E-state index is 0.0409. The molecule has 0 atom stereocenters. The Morgan fingerprint density at radius 3 is 2.00 bits per heavy atom. The first kappa shape index (κ1) is 20.7. The molecule has 0 bridgehead atoms. The summed E-state index contributed by atoms with van der Waals surface area (Å²) in [5.74, 6) is 5.92. The second-order valence-electron chi connectivity index (χ2n) is 6.26. The highest BCUT2D eigenvalue weighted by Gasteiger charge is 2.04.